The Balaban J connectivity index is 2.03. The van der Waals surface area contributed by atoms with Gasteiger partial charge < -0.3 is 5.73 Å². The van der Waals surface area contributed by atoms with E-state index in [1.807, 2.05) is 18.4 Å². The summed E-state index contributed by atoms with van der Waals surface area (Å²) in [6.45, 7) is 3.74. The Morgan fingerprint density at radius 1 is 1.56 bits per heavy atom. The van der Waals surface area contributed by atoms with Gasteiger partial charge in [-0.1, -0.05) is 11.3 Å². The molecule has 0 radical (unpaired) electrons. The number of hydrazone groups is 1. The lowest BCUT2D eigenvalue weighted by molar-refractivity contribution is 0.0958. The number of nitrogens with two attached hydrogens (primary N) is 1. The molecule has 5 nitrogen and oxygen atoms in total. The summed E-state index contributed by atoms with van der Waals surface area (Å²) in [4.78, 5) is 17.3. The third-order valence-electron chi connectivity index (χ3n) is 2.27. The molecule has 0 aliphatic heterocycles. The fourth-order valence-corrected chi connectivity index (χ4v) is 2.85. The van der Waals surface area contributed by atoms with E-state index in [0.717, 1.165) is 21.8 Å². The number of anilines is 1. The van der Waals surface area contributed by atoms with Gasteiger partial charge >= 0.3 is 0 Å². The van der Waals surface area contributed by atoms with Crippen LogP contribution in [0.2, 0.25) is 0 Å². The summed E-state index contributed by atoms with van der Waals surface area (Å²) in [7, 11) is 0. The van der Waals surface area contributed by atoms with Gasteiger partial charge in [0.1, 0.15) is 4.88 Å². The van der Waals surface area contributed by atoms with Crippen molar-refractivity contribution in [2.75, 3.05) is 5.73 Å². The van der Waals surface area contributed by atoms with Gasteiger partial charge in [-0.2, -0.15) is 5.10 Å². The van der Waals surface area contributed by atoms with E-state index < -0.39 is 0 Å². The highest BCUT2D eigenvalue weighted by Gasteiger charge is 2.13. The normalized spacial score (nSPS) is 11.0. The van der Waals surface area contributed by atoms with E-state index in [-0.39, 0.29) is 5.91 Å². The van der Waals surface area contributed by atoms with Gasteiger partial charge in [-0.25, -0.2) is 10.4 Å². The van der Waals surface area contributed by atoms with Crippen molar-refractivity contribution in [3.63, 3.8) is 0 Å². The summed E-state index contributed by atoms with van der Waals surface area (Å²) in [6, 6.07) is 2.00. The van der Waals surface area contributed by atoms with E-state index in [4.69, 9.17) is 5.73 Å². The zero-order valence-corrected chi connectivity index (χ0v) is 11.6. The largest absolute Gasteiger partial charge is 0.375 e. The van der Waals surface area contributed by atoms with Gasteiger partial charge in [0.05, 0.1) is 11.9 Å². The maximum absolute atomic E-state index is 11.8. The van der Waals surface area contributed by atoms with Crippen LogP contribution in [-0.2, 0) is 0 Å². The van der Waals surface area contributed by atoms with Gasteiger partial charge in [0, 0.05) is 4.88 Å². The molecule has 0 unspecified atom stereocenters. The van der Waals surface area contributed by atoms with E-state index >= 15 is 0 Å². The molecule has 2 heterocycles. The van der Waals surface area contributed by atoms with Crippen LogP contribution >= 0.6 is 22.7 Å². The highest BCUT2D eigenvalue weighted by atomic mass is 32.1. The summed E-state index contributed by atoms with van der Waals surface area (Å²) in [5.74, 6) is -0.285. The smallest absolute Gasteiger partial charge is 0.283 e. The summed E-state index contributed by atoms with van der Waals surface area (Å²) in [6.07, 6.45) is 1.64. The lowest BCUT2D eigenvalue weighted by Crippen LogP contribution is -2.17. The molecule has 0 atom stereocenters. The van der Waals surface area contributed by atoms with E-state index in [1.165, 1.54) is 0 Å². The number of nitrogen functional groups attached to an aromatic ring is 1. The number of amides is 1. The lowest BCUT2D eigenvalue weighted by Gasteiger charge is -1.96. The van der Waals surface area contributed by atoms with E-state index in [9.17, 15) is 4.79 Å². The van der Waals surface area contributed by atoms with Gasteiger partial charge in [-0.05, 0) is 30.9 Å². The average molecular weight is 280 g/mol. The van der Waals surface area contributed by atoms with E-state index in [1.54, 1.807) is 24.5 Å². The Morgan fingerprint density at radius 3 is 2.89 bits per heavy atom. The minimum atomic E-state index is -0.285. The summed E-state index contributed by atoms with van der Waals surface area (Å²) < 4.78 is 0. The van der Waals surface area contributed by atoms with Gasteiger partial charge in [0.25, 0.3) is 5.91 Å². The predicted octanol–water partition coefficient (Wildman–Crippen LogP) is 2.17. The molecular weight excluding hydrogens is 268 g/mol. The fourth-order valence-electron chi connectivity index (χ4n) is 1.34. The van der Waals surface area contributed by atoms with Crippen LogP contribution in [0.3, 0.4) is 0 Å². The molecule has 18 heavy (non-hydrogen) atoms. The van der Waals surface area contributed by atoms with Crippen molar-refractivity contribution >= 4 is 39.9 Å². The standard InChI is InChI=1S/C11H12N4OS2/c1-6-3-4-17-8(6)5-13-15-10(16)9-7(2)14-11(12)18-9/h3-5H,1-2H3,(H2,12,14)(H,15,16)/b13-5+. The van der Waals surface area contributed by atoms with Crippen molar-refractivity contribution < 1.29 is 4.79 Å². The number of rotatable bonds is 3. The van der Waals surface area contributed by atoms with Crippen molar-refractivity contribution in [3.05, 3.63) is 32.5 Å². The predicted molar refractivity (Wildman–Crippen MR) is 75.4 cm³/mol. The number of thiophene rings is 1. The first-order valence-electron chi connectivity index (χ1n) is 5.18. The van der Waals surface area contributed by atoms with Gasteiger partial charge in [0.15, 0.2) is 5.13 Å². The molecule has 0 bridgehead atoms. The van der Waals surface area contributed by atoms with E-state index in [2.05, 4.69) is 15.5 Å². The highest BCUT2D eigenvalue weighted by Crippen LogP contribution is 2.19. The minimum Gasteiger partial charge on any atom is -0.375 e. The van der Waals surface area contributed by atoms with Crippen molar-refractivity contribution in [1.29, 1.82) is 0 Å². The van der Waals surface area contributed by atoms with Crippen molar-refractivity contribution in [2.45, 2.75) is 13.8 Å². The van der Waals surface area contributed by atoms with Gasteiger partial charge in [-0.15, -0.1) is 11.3 Å². The molecule has 0 aliphatic carbocycles. The summed E-state index contributed by atoms with van der Waals surface area (Å²) in [5, 5.41) is 6.29. The van der Waals surface area contributed by atoms with E-state index in [0.29, 0.717) is 15.7 Å². The number of hydrogen-bond acceptors (Lipinski definition) is 6. The molecule has 7 heteroatoms. The minimum absolute atomic E-state index is 0.285. The maximum atomic E-state index is 11.8. The first-order valence-corrected chi connectivity index (χ1v) is 6.88. The van der Waals surface area contributed by atoms with Crippen molar-refractivity contribution in [2.24, 2.45) is 5.10 Å². The molecule has 0 saturated heterocycles. The fraction of sp³-hybridized carbons (Fsp3) is 0.182. The molecule has 2 rings (SSSR count). The molecule has 0 spiro atoms. The molecule has 2 aromatic rings. The van der Waals surface area contributed by atoms with Crippen LogP contribution < -0.4 is 11.2 Å². The Bertz CT molecular complexity index is 600. The molecule has 0 saturated carbocycles. The SMILES string of the molecule is Cc1ccsc1/C=N/NC(=O)c1sc(N)nc1C. The zero-order valence-electron chi connectivity index (χ0n) is 9.93. The number of hydrogen-bond donors (Lipinski definition) is 2. The Kier molecular flexibility index (Phi) is 3.73. The quantitative estimate of drug-likeness (QED) is 0.668. The van der Waals surface area contributed by atoms with Crippen LogP contribution in [0.15, 0.2) is 16.5 Å². The second-order valence-electron chi connectivity index (χ2n) is 3.63. The van der Waals surface area contributed by atoms with Gasteiger partial charge in [-0.3, -0.25) is 4.79 Å². The Hall–Kier alpha value is -1.73. The Morgan fingerprint density at radius 2 is 2.33 bits per heavy atom. The van der Waals surface area contributed by atoms with Crippen molar-refractivity contribution in [3.8, 4) is 0 Å². The number of aryl methyl sites for hydroxylation is 2. The maximum Gasteiger partial charge on any atom is 0.283 e. The van der Waals surface area contributed by atoms with Crippen LogP contribution in [0.4, 0.5) is 5.13 Å². The number of nitrogens with one attached hydrogen (secondary N) is 1. The molecule has 0 aromatic carbocycles. The molecular formula is C11H12N4OS2. The zero-order chi connectivity index (χ0) is 13.1. The number of thiazole rings is 1. The third kappa shape index (κ3) is 2.74. The molecule has 0 aliphatic rings. The Labute approximate surface area is 112 Å². The second-order valence-corrected chi connectivity index (χ2v) is 5.61. The lowest BCUT2D eigenvalue weighted by atomic mass is 10.3. The molecule has 3 N–H and O–H groups in total. The monoisotopic (exact) mass is 280 g/mol. The number of carbonyl (C=O) groups excluding carboxylic acids is 1. The highest BCUT2D eigenvalue weighted by molar-refractivity contribution is 7.17. The van der Waals surface area contributed by atoms with Crippen molar-refractivity contribution in [1.82, 2.24) is 10.4 Å². The van der Waals surface area contributed by atoms with Crippen LogP contribution in [0.5, 0.6) is 0 Å². The summed E-state index contributed by atoms with van der Waals surface area (Å²) in [5.41, 5.74) is 9.76. The molecule has 0 fully saturated rings. The van der Waals surface area contributed by atoms with Crippen LogP contribution in [0.25, 0.3) is 0 Å². The molecule has 1 amide bonds. The number of nitrogens with zero attached hydrogens (tertiary/aromatic N) is 2. The van der Waals surface area contributed by atoms with Crippen LogP contribution in [0, 0.1) is 13.8 Å². The first kappa shape index (κ1) is 12.7. The second kappa shape index (κ2) is 5.28. The number of carbonyl (C=O) groups is 1. The summed E-state index contributed by atoms with van der Waals surface area (Å²) >= 11 is 2.73. The van der Waals surface area contributed by atoms with Gasteiger partial charge in [0.2, 0.25) is 0 Å². The number of aromatic nitrogens is 1. The van der Waals surface area contributed by atoms with Crippen LogP contribution in [-0.4, -0.2) is 17.1 Å². The third-order valence-corrected chi connectivity index (χ3v) is 4.21. The molecule has 2 aromatic heterocycles. The average Bonchev–Trinajstić information content (AvgIpc) is 2.85. The molecule has 94 valence electrons. The first-order chi connectivity index (χ1) is 8.58. The topological polar surface area (TPSA) is 80.4 Å². The van der Waals surface area contributed by atoms with Crippen LogP contribution in [0.1, 0.15) is 25.8 Å².